The van der Waals surface area contributed by atoms with E-state index in [9.17, 15) is 4.39 Å². The summed E-state index contributed by atoms with van der Waals surface area (Å²) in [6, 6.07) is 5.04. The lowest BCUT2D eigenvalue weighted by atomic mass is 9.83. The van der Waals surface area contributed by atoms with Crippen molar-refractivity contribution in [3.63, 3.8) is 0 Å². The molecule has 2 N–H and O–H groups in total. The molecule has 1 aliphatic carbocycles. The molecule has 0 aromatic heterocycles. The lowest BCUT2D eigenvalue weighted by Crippen LogP contribution is -2.43. The van der Waals surface area contributed by atoms with Crippen LogP contribution in [0, 0.1) is 11.2 Å². The van der Waals surface area contributed by atoms with Gasteiger partial charge in [-0.2, -0.15) is 0 Å². The van der Waals surface area contributed by atoms with Crippen molar-refractivity contribution in [2.45, 2.75) is 45.6 Å². The van der Waals surface area contributed by atoms with Gasteiger partial charge in [0.15, 0.2) is 17.5 Å². The third-order valence-corrected chi connectivity index (χ3v) is 5.11. The average molecular weight is 493 g/mol. The molecule has 0 aliphatic heterocycles. The minimum Gasteiger partial charge on any atom is -0.491 e. The number of nitrogens with zero attached hydrogens (tertiary/aromatic N) is 1. The van der Waals surface area contributed by atoms with E-state index >= 15 is 0 Å². The predicted octanol–water partition coefficient (Wildman–Crippen LogP) is 4.10. The fraction of sp³-hybridized carbons (Fsp3) is 0.650. The van der Waals surface area contributed by atoms with Crippen molar-refractivity contribution >= 4 is 29.9 Å². The summed E-state index contributed by atoms with van der Waals surface area (Å²) in [5.74, 6) is 0.696. The normalized spacial score (nSPS) is 15.9. The first-order valence-electron chi connectivity index (χ1n) is 9.47. The standard InChI is InChI=1S/C20H32FN3O2.HI/c1-4-26-18-8-7-16(13-17(18)21)14-23-19(22-2)24-15-20(11-12-25-3)9-5-6-10-20;/h7-8,13H,4-6,9-12,14-15H2,1-3H3,(H2,22,23,24);1H. The second-order valence-electron chi connectivity index (χ2n) is 6.93. The maximum Gasteiger partial charge on any atom is 0.191 e. The van der Waals surface area contributed by atoms with Gasteiger partial charge in [0, 0.05) is 33.9 Å². The molecule has 27 heavy (non-hydrogen) atoms. The molecule has 0 heterocycles. The summed E-state index contributed by atoms with van der Waals surface area (Å²) in [5.41, 5.74) is 1.14. The highest BCUT2D eigenvalue weighted by molar-refractivity contribution is 14.0. The molecule has 154 valence electrons. The number of rotatable bonds is 9. The van der Waals surface area contributed by atoms with Crippen molar-refractivity contribution < 1.29 is 13.9 Å². The number of halogens is 2. The van der Waals surface area contributed by atoms with Crippen LogP contribution in [0.15, 0.2) is 23.2 Å². The van der Waals surface area contributed by atoms with Crippen LogP contribution in [0.25, 0.3) is 0 Å². The maximum absolute atomic E-state index is 14.0. The quantitative estimate of drug-likeness (QED) is 0.309. The highest BCUT2D eigenvalue weighted by Gasteiger charge is 2.33. The van der Waals surface area contributed by atoms with E-state index in [2.05, 4.69) is 15.6 Å². The zero-order valence-electron chi connectivity index (χ0n) is 16.6. The Balaban J connectivity index is 0.00000364. The van der Waals surface area contributed by atoms with Gasteiger partial charge in [0.05, 0.1) is 6.61 Å². The molecule has 1 fully saturated rings. The SMILES string of the molecule is CCOc1ccc(CNC(=NC)NCC2(CCOC)CCCC2)cc1F.I. The van der Waals surface area contributed by atoms with Crippen LogP contribution in [0.5, 0.6) is 5.75 Å². The van der Waals surface area contributed by atoms with Crippen molar-refractivity contribution in [1.82, 2.24) is 10.6 Å². The highest BCUT2D eigenvalue weighted by Crippen LogP contribution is 2.40. The molecule has 2 rings (SSSR count). The van der Waals surface area contributed by atoms with Crippen molar-refractivity contribution in [3.05, 3.63) is 29.6 Å². The molecule has 1 aromatic rings. The molecular weight excluding hydrogens is 460 g/mol. The van der Waals surface area contributed by atoms with Gasteiger partial charge >= 0.3 is 0 Å². The second kappa shape index (κ2) is 12.4. The Hall–Kier alpha value is -1.09. The van der Waals surface area contributed by atoms with E-state index < -0.39 is 0 Å². The number of aliphatic imine (C=N–C) groups is 1. The van der Waals surface area contributed by atoms with Gasteiger partial charge in [0.25, 0.3) is 0 Å². The molecule has 0 spiro atoms. The van der Waals surface area contributed by atoms with Gasteiger partial charge in [0.2, 0.25) is 0 Å². The Labute approximate surface area is 179 Å². The molecule has 0 radical (unpaired) electrons. The first-order valence-corrected chi connectivity index (χ1v) is 9.47. The molecule has 5 nitrogen and oxygen atoms in total. The minimum atomic E-state index is -0.335. The summed E-state index contributed by atoms with van der Waals surface area (Å²) < 4.78 is 24.5. The van der Waals surface area contributed by atoms with Crippen molar-refractivity contribution in [2.24, 2.45) is 10.4 Å². The smallest absolute Gasteiger partial charge is 0.191 e. The van der Waals surface area contributed by atoms with Crippen LogP contribution in [0.2, 0.25) is 0 Å². The summed E-state index contributed by atoms with van der Waals surface area (Å²) in [4.78, 5) is 4.29. The van der Waals surface area contributed by atoms with Crippen LogP contribution in [-0.4, -0.2) is 39.9 Å². The third-order valence-electron chi connectivity index (χ3n) is 5.11. The highest BCUT2D eigenvalue weighted by atomic mass is 127. The molecule has 1 aromatic carbocycles. The maximum atomic E-state index is 14.0. The van der Waals surface area contributed by atoms with Crippen molar-refractivity contribution in [3.8, 4) is 5.75 Å². The fourth-order valence-corrected chi connectivity index (χ4v) is 3.56. The summed E-state index contributed by atoms with van der Waals surface area (Å²) in [6.07, 6.45) is 6.08. The van der Waals surface area contributed by atoms with E-state index in [-0.39, 0.29) is 29.8 Å². The van der Waals surface area contributed by atoms with E-state index in [0.29, 0.717) is 24.3 Å². The fourth-order valence-electron chi connectivity index (χ4n) is 3.56. The van der Waals surface area contributed by atoms with Crippen LogP contribution >= 0.6 is 24.0 Å². The van der Waals surface area contributed by atoms with Gasteiger partial charge in [-0.3, -0.25) is 4.99 Å². The largest absolute Gasteiger partial charge is 0.491 e. The van der Waals surface area contributed by atoms with Gasteiger partial charge in [-0.15, -0.1) is 24.0 Å². The summed E-state index contributed by atoms with van der Waals surface area (Å²) in [7, 11) is 3.51. The van der Waals surface area contributed by atoms with Crippen molar-refractivity contribution in [2.75, 3.05) is 33.9 Å². The molecule has 1 aliphatic rings. The average Bonchev–Trinajstić information content (AvgIpc) is 3.11. The van der Waals surface area contributed by atoms with E-state index in [0.717, 1.165) is 31.1 Å². The van der Waals surface area contributed by atoms with E-state index in [1.807, 2.05) is 13.0 Å². The molecular formula is C20H33FIN3O2. The molecule has 0 saturated heterocycles. The monoisotopic (exact) mass is 493 g/mol. The lowest BCUT2D eigenvalue weighted by molar-refractivity contribution is 0.138. The number of hydrogen-bond donors (Lipinski definition) is 2. The van der Waals surface area contributed by atoms with Gasteiger partial charge in [-0.1, -0.05) is 18.9 Å². The zero-order chi connectivity index (χ0) is 18.8. The number of guanidine groups is 1. The van der Waals surface area contributed by atoms with Crippen LogP contribution in [-0.2, 0) is 11.3 Å². The van der Waals surface area contributed by atoms with E-state index in [1.54, 1.807) is 20.2 Å². The number of ether oxygens (including phenoxy) is 2. The number of methoxy groups -OCH3 is 1. The Bertz CT molecular complexity index is 593. The Morgan fingerprint density at radius 3 is 2.59 bits per heavy atom. The second-order valence-corrected chi connectivity index (χ2v) is 6.93. The summed E-state index contributed by atoms with van der Waals surface area (Å²) in [5, 5.41) is 6.70. The van der Waals surface area contributed by atoms with Gasteiger partial charge in [-0.05, 0) is 49.3 Å². The van der Waals surface area contributed by atoms with Gasteiger partial charge in [-0.25, -0.2) is 4.39 Å². The zero-order valence-corrected chi connectivity index (χ0v) is 19.0. The van der Waals surface area contributed by atoms with E-state index in [1.165, 1.54) is 31.7 Å². The summed E-state index contributed by atoms with van der Waals surface area (Å²) in [6.45, 7) is 4.48. The molecule has 7 heteroatoms. The molecule has 0 unspecified atom stereocenters. The Morgan fingerprint density at radius 1 is 1.26 bits per heavy atom. The van der Waals surface area contributed by atoms with Crippen LogP contribution in [0.4, 0.5) is 4.39 Å². The van der Waals surface area contributed by atoms with Crippen molar-refractivity contribution in [1.29, 1.82) is 0 Å². The summed E-state index contributed by atoms with van der Waals surface area (Å²) >= 11 is 0. The first-order chi connectivity index (χ1) is 12.6. The van der Waals surface area contributed by atoms with Crippen LogP contribution in [0.1, 0.15) is 44.6 Å². The molecule has 0 amide bonds. The third kappa shape index (κ3) is 7.44. The number of benzene rings is 1. The Kier molecular flexibility index (Phi) is 11.0. The molecule has 0 atom stereocenters. The molecule has 0 bridgehead atoms. The van der Waals surface area contributed by atoms with Gasteiger partial charge in [0.1, 0.15) is 0 Å². The first kappa shape index (κ1) is 23.9. The predicted molar refractivity (Wildman–Crippen MR) is 119 cm³/mol. The van der Waals surface area contributed by atoms with Crippen LogP contribution < -0.4 is 15.4 Å². The topological polar surface area (TPSA) is 54.9 Å². The lowest BCUT2D eigenvalue weighted by Gasteiger charge is -2.30. The number of hydrogen-bond acceptors (Lipinski definition) is 3. The number of nitrogens with one attached hydrogen (secondary N) is 2. The van der Waals surface area contributed by atoms with Crippen LogP contribution in [0.3, 0.4) is 0 Å². The van der Waals surface area contributed by atoms with Gasteiger partial charge < -0.3 is 20.1 Å². The van der Waals surface area contributed by atoms with E-state index in [4.69, 9.17) is 9.47 Å². The molecule has 1 saturated carbocycles. The Morgan fingerprint density at radius 2 is 2.00 bits per heavy atom. The minimum absolute atomic E-state index is 0.